The standard InChI is InChI=1S/C22H24Cl2N2O5/c1-29-18-10-14(11-19(30-2)20(18)31-3)22(28)26-8-6-13(7-9-26)21(27)25-17-12-15(23)4-5-16(17)24/h4-5,10-13H,6-9H2,1-3H3,(H,25,27). The van der Waals surface area contributed by atoms with Crippen LogP contribution in [0.2, 0.25) is 10.0 Å². The third kappa shape index (κ3) is 5.17. The molecule has 0 spiro atoms. The summed E-state index contributed by atoms with van der Waals surface area (Å²) in [5.41, 5.74) is 0.915. The minimum absolute atomic E-state index is 0.135. The van der Waals surface area contributed by atoms with Crippen molar-refractivity contribution < 1.29 is 23.8 Å². The molecule has 2 aromatic carbocycles. The molecule has 3 rings (SSSR count). The van der Waals surface area contributed by atoms with Gasteiger partial charge in [-0.25, -0.2) is 0 Å². The van der Waals surface area contributed by atoms with Crippen molar-refractivity contribution in [2.75, 3.05) is 39.7 Å². The van der Waals surface area contributed by atoms with Gasteiger partial charge in [-0.3, -0.25) is 9.59 Å². The maximum atomic E-state index is 13.0. The quantitative estimate of drug-likeness (QED) is 0.677. The lowest BCUT2D eigenvalue weighted by Gasteiger charge is -2.31. The Morgan fingerprint density at radius 3 is 2.13 bits per heavy atom. The van der Waals surface area contributed by atoms with Crippen LogP contribution < -0.4 is 19.5 Å². The Hall–Kier alpha value is -2.64. The summed E-state index contributed by atoms with van der Waals surface area (Å²) >= 11 is 12.1. The van der Waals surface area contributed by atoms with Gasteiger partial charge in [-0.05, 0) is 43.2 Å². The lowest BCUT2D eigenvalue weighted by molar-refractivity contribution is -0.121. The predicted molar refractivity (Wildman–Crippen MR) is 120 cm³/mol. The molecule has 2 aromatic rings. The third-order valence-corrected chi connectivity index (χ3v) is 5.82. The number of amides is 2. The number of rotatable bonds is 6. The maximum Gasteiger partial charge on any atom is 0.254 e. The monoisotopic (exact) mass is 466 g/mol. The summed E-state index contributed by atoms with van der Waals surface area (Å²) in [6, 6.07) is 8.17. The van der Waals surface area contributed by atoms with Crippen LogP contribution in [0.25, 0.3) is 0 Å². The SMILES string of the molecule is COc1cc(C(=O)N2CCC(C(=O)Nc3cc(Cl)ccc3Cl)CC2)cc(OC)c1OC. The number of benzene rings is 2. The van der Waals surface area contributed by atoms with Crippen LogP contribution in [0.5, 0.6) is 17.2 Å². The smallest absolute Gasteiger partial charge is 0.254 e. The zero-order valence-electron chi connectivity index (χ0n) is 17.5. The second-order valence-corrected chi connectivity index (χ2v) is 7.94. The van der Waals surface area contributed by atoms with Crippen molar-refractivity contribution in [3.8, 4) is 17.2 Å². The van der Waals surface area contributed by atoms with Crippen LogP contribution in [-0.4, -0.2) is 51.1 Å². The fourth-order valence-corrected chi connectivity index (χ4v) is 3.90. The second kappa shape index (κ2) is 10.1. The summed E-state index contributed by atoms with van der Waals surface area (Å²) in [5.74, 6) is 0.742. The van der Waals surface area contributed by atoms with E-state index in [4.69, 9.17) is 37.4 Å². The molecule has 0 bridgehead atoms. The van der Waals surface area contributed by atoms with Gasteiger partial charge < -0.3 is 24.4 Å². The van der Waals surface area contributed by atoms with Gasteiger partial charge in [0.15, 0.2) is 11.5 Å². The molecule has 0 aliphatic carbocycles. The molecule has 1 fully saturated rings. The van der Waals surface area contributed by atoms with E-state index in [0.717, 1.165) is 0 Å². The average molecular weight is 467 g/mol. The molecule has 0 saturated carbocycles. The highest BCUT2D eigenvalue weighted by Gasteiger charge is 2.29. The maximum absolute atomic E-state index is 13.0. The number of carbonyl (C=O) groups excluding carboxylic acids is 2. The Kier molecular flexibility index (Phi) is 7.51. The van der Waals surface area contributed by atoms with Gasteiger partial charge >= 0.3 is 0 Å². The first-order valence-corrected chi connectivity index (χ1v) is 10.5. The number of likely N-dealkylation sites (tertiary alicyclic amines) is 1. The molecular weight excluding hydrogens is 443 g/mol. The van der Waals surface area contributed by atoms with Gasteiger partial charge in [0, 0.05) is 29.6 Å². The molecule has 1 aliphatic rings. The van der Waals surface area contributed by atoms with Gasteiger partial charge in [0.05, 0.1) is 32.0 Å². The van der Waals surface area contributed by atoms with Crippen molar-refractivity contribution in [3.63, 3.8) is 0 Å². The number of hydrogen-bond donors (Lipinski definition) is 1. The van der Waals surface area contributed by atoms with Crippen LogP contribution >= 0.6 is 23.2 Å². The lowest BCUT2D eigenvalue weighted by Crippen LogP contribution is -2.41. The van der Waals surface area contributed by atoms with E-state index >= 15 is 0 Å². The van der Waals surface area contributed by atoms with Crippen molar-refractivity contribution in [1.29, 1.82) is 0 Å². The molecule has 0 radical (unpaired) electrons. The third-order valence-electron chi connectivity index (χ3n) is 5.25. The number of nitrogens with one attached hydrogen (secondary N) is 1. The number of hydrogen-bond acceptors (Lipinski definition) is 5. The lowest BCUT2D eigenvalue weighted by atomic mass is 9.95. The second-order valence-electron chi connectivity index (χ2n) is 7.09. The number of nitrogens with zero attached hydrogens (tertiary/aromatic N) is 1. The zero-order valence-corrected chi connectivity index (χ0v) is 19.0. The zero-order chi connectivity index (χ0) is 22.5. The van der Waals surface area contributed by atoms with Crippen LogP contribution in [0.15, 0.2) is 30.3 Å². The Morgan fingerprint density at radius 2 is 1.58 bits per heavy atom. The van der Waals surface area contributed by atoms with Crippen LogP contribution in [0.4, 0.5) is 5.69 Å². The van der Waals surface area contributed by atoms with Crippen LogP contribution in [0.3, 0.4) is 0 Å². The fourth-order valence-electron chi connectivity index (χ4n) is 3.56. The minimum Gasteiger partial charge on any atom is -0.493 e. The number of anilines is 1. The summed E-state index contributed by atoms with van der Waals surface area (Å²) < 4.78 is 16.0. The normalized spacial score (nSPS) is 14.2. The number of halogens is 2. The molecule has 1 N–H and O–H groups in total. The van der Waals surface area contributed by atoms with Gasteiger partial charge in [-0.2, -0.15) is 0 Å². The molecule has 0 atom stereocenters. The first-order valence-electron chi connectivity index (χ1n) is 9.73. The molecule has 0 aromatic heterocycles. The van der Waals surface area contributed by atoms with Gasteiger partial charge in [-0.15, -0.1) is 0 Å². The van der Waals surface area contributed by atoms with E-state index in [1.807, 2.05) is 0 Å². The highest BCUT2D eigenvalue weighted by molar-refractivity contribution is 6.35. The molecule has 7 nitrogen and oxygen atoms in total. The van der Waals surface area contributed by atoms with Crippen LogP contribution in [0.1, 0.15) is 23.2 Å². The molecule has 1 heterocycles. The Labute approximate surface area is 191 Å². The average Bonchev–Trinajstić information content (AvgIpc) is 2.79. The fraction of sp³-hybridized carbons (Fsp3) is 0.364. The van der Waals surface area contributed by atoms with E-state index < -0.39 is 0 Å². The van der Waals surface area contributed by atoms with Crippen molar-refractivity contribution in [2.45, 2.75) is 12.8 Å². The molecule has 1 saturated heterocycles. The van der Waals surface area contributed by atoms with Gasteiger partial charge in [0.1, 0.15) is 0 Å². The van der Waals surface area contributed by atoms with E-state index in [1.165, 1.54) is 21.3 Å². The number of methoxy groups -OCH3 is 3. The Bertz CT molecular complexity index is 949. The highest BCUT2D eigenvalue weighted by Crippen LogP contribution is 2.38. The summed E-state index contributed by atoms with van der Waals surface area (Å²) in [5, 5.41) is 3.75. The van der Waals surface area contributed by atoms with E-state index in [2.05, 4.69) is 5.32 Å². The molecule has 9 heteroatoms. The number of ether oxygens (including phenoxy) is 3. The van der Waals surface area contributed by atoms with Gasteiger partial charge in [-0.1, -0.05) is 23.2 Å². The Morgan fingerprint density at radius 1 is 0.968 bits per heavy atom. The molecule has 2 amide bonds. The van der Waals surface area contributed by atoms with E-state index in [0.29, 0.717) is 64.5 Å². The molecule has 166 valence electrons. The first kappa shape index (κ1) is 23.0. The van der Waals surface area contributed by atoms with E-state index in [9.17, 15) is 9.59 Å². The topological polar surface area (TPSA) is 77.1 Å². The number of carbonyl (C=O) groups is 2. The summed E-state index contributed by atoms with van der Waals surface area (Å²) in [6.07, 6.45) is 1.08. The minimum atomic E-state index is -0.223. The van der Waals surface area contributed by atoms with E-state index in [-0.39, 0.29) is 17.7 Å². The summed E-state index contributed by atoms with van der Waals surface area (Å²) in [6.45, 7) is 0.910. The molecule has 0 unspecified atom stereocenters. The van der Waals surface area contributed by atoms with Crippen molar-refractivity contribution in [3.05, 3.63) is 45.9 Å². The van der Waals surface area contributed by atoms with Crippen LogP contribution in [-0.2, 0) is 4.79 Å². The highest BCUT2D eigenvalue weighted by atomic mass is 35.5. The van der Waals surface area contributed by atoms with Gasteiger partial charge in [0.2, 0.25) is 11.7 Å². The van der Waals surface area contributed by atoms with Crippen LogP contribution in [0, 0.1) is 5.92 Å². The van der Waals surface area contributed by atoms with E-state index in [1.54, 1.807) is 35.2 Å². The summed E-state index contributed by atoms with van der Waals surface area (Å²) in [4.78, 5) is 27.4. The number of piperidine rings is 1. The van der Waals surface area contributed by atoms with Gasteiger partial charge in [0.25, 0.3) is 5.91 Å². The van der Waals surface area contributed by atoms with Crippen molar-refractivity contribution in [1.82, 2.24) is 4.90 Å². The van der Waals surface area contributed by atoms with Crippen molar-refractivity contribution >= 4 is 40.7 Å². The molecule has 31 heavy (non-hydrogen) atoms. The largest absolute Gasteiger partial charge is 0.493 e. The molecular formula is C22H24Cl2N2O5. The summed E-state index contributed by atoms with van der Waals surface area (Å²) in [7, 11) is 4.51. The first-order chi connectivity index (χ1) is 14.9. The predicted octanol–water partition coefficient (Wildman–Crippen LogP) is 4.51. The Balaban J connectivity index is 1.66. The molecule has 1 aliphatic heterocycles. The van der Waals surface area contributed by atoms with Crippen molar-refractivity contribution in [2.24, 2.45) is 5.92 Å².